The van der Waals surface area contributed by atoms with E-state index in [0.29, 0.717) is 12.3 Å². The van der Waals surface area contributed by atoms with Gasteiger partial charge in [0, 0.05) is 6.54 Å². The molecule has 0 aliphatic heterocycles. The van der Waals surface area contributed by atoms with Crippen molar-refractivity contribution in [2.75, 3.05) is 20.6 Å². The summed E-state index contributed by atoms with van der Waals surface area (Å²) in [6.45, 7) is 20.3. The average molecular weight is 590 g/mol. The summed E-state index contributed by atoms with van der Waals surface area (Å²) in [7, 11) is 4.11. The van der Waals surface area contributed by atoms with E-state index in [1.807, 2.05) is 6.08 Å². The van der Waals surface area contributed by atoms with E-state index in [1.165, 1.54) is 89.9 Å². The third-order valence-electron chi connectivity index (χ3n) is 10.1. The summed E-state index contributed by atoms with van der Waals surface area (Å²) in [5, 5.41) is 0. The first-order valence-corrected chi connectivity index (χ1v) is 18.4. The van der Waals surface area contributed by atoms with Gasteiger partial charge < -0.3 is 9.64 Å². The third kappa shape index (κ3) is 19.4. The van der Waals surface area contributed by atoms with E-state index in [-0.39, 0.29) is 12.1 Å². The Balaban J connectivity index is 3.07. The smallest absolute Gasteiger partial charge is 0.309 e. The molecule has 1 saturated carbocycles. The summed E-state index contributed by atoms with van der Waals surface area (Å²) in [5.41, 5.74) is 0. The van der Waals surface area contributed by atoms with Gasteiger partial charge in [0.2, 0.25) is 0 Å². The van der Waals surface area contributed by atoms with Crippen LogP contribution >= 0.6 is 0 Å². The lowest BCUT2D eigenvalue weighted by atomic mass is 9.76. The number of hydrogen-bond acceptors (Lipinski definition) is 3. The van der Waals surface area contributed by atoms with Crippen LogP contribution in [0.2, 0.25) is 0 Å². The minimum atomic E-state index is -0.0326. The first-order valence-electron chi connectivity index (χ1n) is 18.4. The molecule has 0 amide bonds. The summed E-state index contributed by atoms with van der Waals surface area (Å²) >= 11 is 0. The van der Waals surface area contributed by atoms with Crippen molar-refractivity contribution in [1.82, 2.24) is 4.90 Å². The Hall–Kier alpha value is -0.830. The quantitative estimate of drug-likeness (QED) is 0.149. The van der Waals surface area contributed by atoms with Gasteiger partial charge in [0.25, 0.3) is 0 Å². The molecule has 0 N–H and O–H groups in total. The first-order chi connectivity index (χ1) is 19.9. The van der Waals surface area contributed by atoms with E-state index in [4.69, 9.17) is 4.74 Å². The van der Waals surface area contributed by atoms with Crippen LogP contribution in [-0.4, -0.2) is 37.6 Å². The largest absolute Gasteiger partial charge is 0.462 e. The Bertz CT molecular complexity index is 698. The van der Waals surface area contributed by atoms with E-state index in [1.54, 1.807) is 0 Å². The van der Waals surface area contributed by atoms with Gasteiger partial charge in [0.1, 0.15) is 6.10 Å². The molecule has 0 radical (unpaired) electrons. The molecular formula is C39H75NO2. The Morgan fingerprint density at radius 1 is 0.786 bits per heavy atom. The molecule has 42 heavy (non-hydrogen) atoms. The zero-order chi connectivity index (χ0) is 31.5. The fourth-order valence-corrected chi connectivity index (χ4v) is 7.24. The Labute approximate surface area is 264 Å². The zero-order valence-electron chi connectivity index (χ0n) is 30.1. The third-order valence-corrected chi connectivity index (χ3v) is 10.1. The predicted molar refractivity (Wildman–Crippen MR) is 185 cm³/mol. The molecule has 1 aliphatic carbocycles. The predicted octanol–water partition coefficient (Wildman–Crippen LogP) is 11.4. The van der Waals surface area contributed by atoms with Gasteiger partial charge >= 0.3 is 5.97 Å². The number of carbonyl (C=O) groups excluding carboxylic acids is 1. The molecule has 248 valence electrons. The number of hydrogen-bond donors (Lipinski definition) is 0. The SMILES string of the molecule is CC(C)CCCC(C)CCC1CCC(C)CC(CC(C)C)C(C)CCCC(C)CCCC1OC(=O)C/C=C/CN(C)C. The fraction of sp³-hybridized carbons (Fsp3) is 0.923. The van der Waals surface area contributed by atoms with E-state index in [0.717, 1.165) is 54.4 Å². The summed E-state index contributed by atoms with van der Waals surface area (Å²) < 4.78 is 6.40. The number of nitrogens with zero attached hydrogens (tertiary/aromatic N) is 1. The van der Waals surface area contributed by atoms with Gasteiger partial charge in [-0.15, -0.1) is 0 Å². The maximum atomic E-state index is 13.1. The van der Waals surface area contributed by atoms with E-state index in [9.17, 15) is 4.79 Å². The first kappa shape index (κ1) is 39.2. The lowest BCUT2D eigenvalue weighted by Crippen LogP contribution is -2.28. The van der Waals surface area contributed by atoms with E-state index < -0.39 is 0 Å². The van der Waals surface area contributed by atoms with Crippen LogP contribution in [0, 0.1) is 47.3 Å². The van der Waals surface area contributed by atoms with Gasteiger partial charge in [-0.1, -0.05) is 125 Å². The van der Waals surface area contributed by atoms with Gasteiger partial charge in [-0.3, -0.25) is 4.79 Å². The van der Waals surface area contributed by atoms with E-state index >= 15 is 0 Å². The Morgan fingerprint density at radius 2 is 1.48 bits per heavy atom. The lowest BCUT2D eigenvalue weighted by Gasteiger charge is -2.31. The van der Waals surface area contributed by atoms with Crippen LogP contribution in [0.1, 0.15) is 158 Å². The van der Waals surface area contributed by atoms with Gasteiger partial charge in [0.15, 0.2) is 0 Å². The minimum Gasteiger partial charge on any atom is -0.462 e. The topological polar surface area (TPSA) is 29.5 Å². The van der Waals surface area contributed by atoms with Crippen molar-refractivity contribution in [2.24, 2.45) is 47.3 Å². The van der Waals surface area contributed by atoms with Crippen molar-refractivity contribution in [3.8, 4) is 0 Å². The number of carbonyl (C=O) groups is 1. The molecular weight excluding hydrogens is 514 g/mol. The number of likely N-dealkylation sites (N-methyl/N-ethyl adjacent to an activating group) is 1. The van der Waals surface area contributed by atoms with Crippen molar-refractivity contribution in [2.45, 2.75) is 164 Å². The molecule has 0 aromatic carbocycles. The highest BCUT2D eigenvalue weighted by Crippen LogP contribution is 2.36. The monoisotopic (exact) mass is 590 g/mol. The van der Waals surface area contributed by atoms with Crippen molar-refractivity contribution in [1.29, 1.82) is 0 Å². The second-order valence-electron chi connectivity index (χ2n) is 16.0. The van der Waals surface area contributed by atoms with Gasteiger partial charge in [-0.05, 0) is 100.0 Å². The highest BCUT2D eigenvalue weighted by atomic mass is 16.5. The minimum absolute atomic E-state index is 0.0326. The lowest BCUT2D eigenvalue weighted by molar-refractivity contribution is -0.151. The zero-order valence-corrected chi connectivity index (χ0v) is 30.1. The van der Waals surface area contributed by atoms with Crippen molar-refractivity contribution < 1.29 is 9.53 Å². The molecule has 7 unspecified atom stereocenters. The van der Waals surface area contributed by atoms with Crippen molar-refractivity contribution in [3.63, 3.8) is 0 Å². The number of rotatable bonds is 14. The molecule has 0 aromatic heterocycles. The number of esters is 1. The molecule has 0 heterocycles. The molecule has 3 nitrogen and oxygen atoms in total. The number of ether oxygens (including phenoxy) is 1. The maximum Gasteiger partial charge on any atom is 0.309 e. The standard InChI is InChI=1S/C39H75NO2/c1-30(2)16-13-17-33(6)23-25-36-26-24-34(7)29-37(28-31(3)4)35(8)20-14-18-32(5)19-15-21-38(36)42-39(41)22-11-12-27-40(9)10/h11-12,30-38H,13-29H2,1-10H3/b12-11+. The van der Waals surface area contributed by atoms with Crippen LogP contribution in [0.5, 0.6) is 0 Å². The summed E-state index contributed by atoms with van der Waals surface area (Å²) in [4.78, 5) is 15.2. The highest BCUT2D eigenvalue weighted by Gasteiger charge is 2.28. The van der Waals surface area contributed by atoms with Crippen LogP contribution in [0.25, 0.3) is 0 Å². The summed E-state index contributed by atoms with van der Waals surface area (Å²) in [6, 6.07) is 0. The molecule has 1 aliphatic rings. The molecule has 7 atom stereocenters. The van der Waals surface area contributed by atoms with Crippen LogP contribution in [0.4, 0.5) is 0 Å². The average Bonchev–Trinajstić information content (AvgIpc) is 2.89. The van der Waals surface area contributed by atoms with Gasteiger partial charge in [-0.2, -0.15) is 0 Å². The molecule has 0 saturated heterocycles. The second kappa shape index (κ2) is 22.6. The van der Waals surface area contributed by atoms with Crippen LogP contribution in [0.15, 0.2) is 12.2 Å². The van der Waals surface area contributed by atoms with Crippen LogP contribution in [-0.2, 0) is 9.53 Å². The molecule has 0 bridgehead atoms. The van der Waals surface area contributed by atoms with Crippen molar-refractivity contribution in [3.05, 3.63) is 12.2 Å². The van der Waals surface area contributed by atoms with Gasteiger partial charge in [0.05, 0.1) is 6.42 Å². The van der Waals surface area contributed by atoms with Crippen LogP contribution < -0.4 is 0 Å². The molecule has 1 fully saturated rings. The Kier molecular flexibility index (Phi) is 21.1. The summed E-state index contributed by atoms with van der Waals surface area (Å²) in [6.07, 6.45) is 23.7. The van der Waals surface area contributed by atoms with E-state index in [2.05, 4.69) is 80.5 Å². The van der Waals surface area contributed by atoms with Crippen LogP contribution in [0.3, 0.4) is 0 Å². The normalized spacial score (nSPS) is 28.2. The Morgan fingerprint density at radius 3 is 2.12 bits per heavy atom. The highest BCUT2D eigenvalue weighted by molar-refractivity contribution is 5.71. The maximum absolute atomic E-state index is 13.1. The molecule has 3 heteroatoms. The van der Waals surface area contributed by atoms with Crippen molar-refractivity contribution >= 4 is 5.97 Å². The summed E-state index contributed by atoms with van der Waals surface area (Å²) in [5.74, 6) is 5.91. The molecule has 0 spiro atoms. The molecule has 0 aromatic rings. The molecule has 1 rings (SSSR count). The van der Waals surface area contributed by atoms with Gasteiger partial charge in [-0.25, -0.2) is 0 Å². The fourth-order valence-electron chi connectivity index (χ4n) is 7.24. The second-order valence-corrected chi connectivity index (χ2v) is 16.0.